The van der Waals surface area contributed by atoms with E-state index in [4.69, 9.17) is 4.74 Å². The van der Waals surface area contributed by atoms with Crippen LogP contribution in [-0.4, -0.2) is 52.7 Å². The molecule has 0 atom stereocenters. The number of hydrogen-bond donors (Lipinski definition) is 0. The van der Waals surface area contributed by atoms with Gasteiger partial charge in [0.25, 0.3) is 0 Å². The quantitative estimate of drug-likeness (QED) is 0.839. The summed E-state index contributed by atoms with van der Waals surface area (Å²) in [5, 5.41) is 0. The van der Waals surface area contributed by atoms with Crippen molar-refractivity contribution in [3.05, 3.63) is 30.1 Å². The van der Waals surface area contributed by atoms with Gasteiger partial charge in [0, 0.05) is 25.5 Å². The van der Waals surface area contributed by atoms with E-state index >= 15 is 0 Å². The molecule has 1 aromatic rings. The molecule has 1 fully saturated rings. The van der Waals surface area contributed by atoms with Crippen molar-refractivity contribution in [3.63, 3.8) is 0 Å². The average Bonchev–Trinajstić information content (AvgIpc) is 2.96. The van der Waals surface area contributed by atoms with Crippen LogP contribution >= 0.6 is 0 Å². The summed E-state index contributed by atoms with van der Waals surface area (Å²) in [7, 11) is 0. The molecule has 0 radical (unpaired) electrons. The summed E-state index contributed by atoms with van der Waals surface area (Å²) < 4.78 is 5.54. The number of ether oxygens (including phenoxy) is 1. The van der Waals surface area contributed by atoms with Gasteiger partial charge in [0.15, 0.2) is 0 Å². The molecule has 122 valence electrons. The van der Waals surface area contributed by atoms with Crippen molar-refractivity contribution in [2.75, 3.05) is 26.2 Å². The maximum Gasteiger partial charge on any atom is 0.410 e. The molecule has 2 rings (SSSR count). The summed E-state index contributed by atoms with van der Waals surface area (Å²) in [6.07, 6.45) is 5.80. The van der Waals surface area contributed by atoms with Crippen molar-refractivity contribution in [3.8, 4) is 0 Å². The van der Waals surface area contributed by atoms with Crippen LogP contribution in [0.4, 0.5) is 4.79 Å². The SMILES string of the molecule is CC(C)(C)OC(=O)N(CCN1CCCC1)Cc1cccnc1. The molecular formula is C17H27N3O2. The van der Waals surface area contributed by atoms with Gasteiger partial charge in [-0.2, -0.15) is 0 Å². The molecule has 0 N–H and O–H groups in total. The van der Waals surface area contributed by atoms with Crippen molar-refractivity contribution < 1.29 is 9.53 Å². The van der Waals surface area contributed by atoms with E-state index in [0.717, 1.165) is 25.2 Å². The molecule has 5 nitrogen and oxygen atoms in total. The summed E-state index contributed by atoms with van der Waals surface area (Å²) >= 11 is 0. The fourth-order valence-electron chi connectivity index (χ4n) is 2.54. The van der Waals surface area contributed by atoms with E-state index in [1.165, 1.54) is 12.8 Å². The van der Waals surface area contributed by atoms with Crippen molar-refractivity contribution in [1.82, 2.24) is 14.8 Å². The van der Waals surface area contributed by atoms with Gasteiger partial charge < -0.3 is 14.5 Å². The van der Waals surface area contributed by atoms with Crippen molar-refractivity contribution in [2.24, 2.45) is 0 Å². The number of carbonyl (C=O) groups is 1. The molecule has 1 aromatic heterocycles. The Morgan fingerprint density at radius 1 is 1.36 bits per heavy atom. The van der Waals surface area contributed by atoms with E-state index in [2.05, 4.69) is 9.88 Å². The first-order valence-corrected chi connectivity index (χ1v) is 8.03. The standard InChI is InChI=1S/C17H27N3O2/c1-17(2,3)22-16(21)20(12-11-19-9-4-5-10-19)14-15-7-6-8-18-13-15/h6-8,13H,4-5,9-12,14H2,1-3H3. The molecule has 5 heteroatoms. The van der Waals surface area contributed by atoms with Crippen LogP contribution in [0.2, 0.25) is 0 Å². The number of hydrogen-bond acceptors (Lipinski definition) is 4. The molecule has 1 amide bonds. The average molecular weight is 305 g/mol. The van der Waals surface area contributed by atoms with Crippen LogP contribution in [0.25, 0.3) is 0 Å². The highest BCUT2D eigenvalue weighted by Gasteiger charge is 2.23. The largest absolute Gasteiger partial charge is 0.444 e. The minimum Gasteiger partial charge on any atom is -0.444 e. The topological polar surface area (TPSA) is 45.7 Å². The Bertz CT molecular complexity index is 465. The maximum absolute atomic E-state index is 12.4. The third kappa shape index (κ3) is 5.64. The van der Waals surface area contributed by atoms with Crippen LogP contribution in [0.3, 0.4) is 0 Å². The monoisotopic (exact) mass is 305 g/mol. The lowest BCUT2D eigenvalue weighted by molar-refractivity contribution is 0.0219. The number of pyridine rings is 1. The molecular weight excluding hydrogens is 278 g/mol. The third-order valence-electron chi connectivity index (χ3n) is 3.63. The van der Waals surface area contributed by atoms with Gasteiger partial charge in [-0.05, 0) is 58.3 Å². The minimum absolute atomic E-state index is 0.254. The highest BCUT2D eigenvalue weighted by Crippen LogP contribution is 2.13. The molecule has 2 heterocycles. The van der Waals surface area contributed by atoms with Gasteiger partial charge >= 0.3 is 6.09 Å². The van der Waals surface area contributed by atoms with E-state index in [-0.39, 0.29) is 6.09 Å². The Kier molecular flexibility index (Phi) is 5.77. The number of amides is 1. The molecule has 0 spiro atoms. The number of aromatic nitrogens is 1. The van der Waals surface area contributed by atoms with Crippen molar-refractivity contribution >= 4 is 6.09 Å². The zero-order valence-corrected chi connectivity index (χ0v) is 13.9. The molecule has 0 unspecified atom stereocenters. The van der Waals surface area contributed by atoms with Crippen LogP contribution in [0, 0.1) is 0 Å². The zero-order chi connectivity index (χ0) is 16.0. The Hall–Kier alpha value is -1.62. The maximum atomic E-state index is 12.4. The summed E-state index contributed by atoms with van der Waals surface area (Å²) in [6.45, 7) is 10.1. The van der Waals surface area contributed by atoms with E-state index in [1.54, 1.807) is 17.3 Å². The molecule has 0 bridgehead atoms. The molecule has 1 saturated heterocycles. The smallest absolute Gasteiger partial charge is 0.410 e. The van der Waals surface area contributed by atoms with Gasteiger partial charge in [0.1, 0.15) is 5.60 Å². The Morgan fingerprint density at radius 3 is 2.68 bits per heavy atom. The van der Waals surface area contributed by atoms with Crippen molar-refractivity contribution in [1.29, 1.82) is 0 Å². The number of rotatable bonds is 5. The van der Waals surface area contributed by atoms with Crippen LogP contribution in [-0.2, 0) is 11.3 Å². The normalized spacial score (nSPS) is 15.8. The third-order valence-corrected chi connectivity index (χ3v) is 3.63. The second kappa shape index (κ2) is 7.58. The predicted octanol–water partition coefficient (Wildman–Crippen LogP) is 2.91. The summed E-state index contributed by atoms with van der Waals surface area (Å²) in [5.74, 6) is 0. The summed E-state index contributed by atoms with van der Waals surface area (Å²) in [4.78, 5) is 20.7. The first-order valence-electron chi connectivity index (χ1n) is 8.03. The number of carbonyl (C=O) groups excluding carboxylic acids is 1. The minimum atomic E-state index is -0.474. The second-order valence-corrected chi connectivity index (χ2v) is 6.81. The molecule has 0 aliphatic carbocycles. The highest BCUT2D eigenvalue weighted by molar-refractivity contribution is 5.68. The predicted molar refractivity (Wildman–Crippen MR) is 86.6 cm³/mol. The lowest BCUT2D eigenvalue weighted by Crippen LogP contribution is -2.40. The molecule has 22 heavy (non-hydrogen) atoms. The Labute approximate surface area is 133 Å². The van der Waals surface area contributed by atoms with Crippen LogP contribution in [0.5, 0.6) is 0 Å². The lowest BCUT2D eigenvalue weighted by Gasteiger charge is -2.28. The first kappa shape index (κ1) is 16.7. The van der Waals surface area contributed by atoms with Crippen molar-refractivity contribution in [2.45, 2.75) is 45.8 Å². The van der Waals surface area contributed by atoms with Crippen LogP contribution in [0.15, 0.2) is 24.5 Å². The van der Waals surface area contributed by atoms with E-state index in [1.807, 2.05) is 32.9 Å². The van der Waals surface area contributed by atoms with Gasteiger partial charge in [0.05, 0.1) is 6.54 Å². The Balaban J connectivity index is 1.97. The first-order chi connectivity index (χ1) is 10.4. The number of nitrogens with zero attached hydrogens (tertiary/aromatic N) is 3. The van der Waals surface area contributed by atoms with Gasteiger partial charge in [-0.25, -0.2) is 4.79 Å². The molecule has 1 aliphatic rings. The van der Waals surface area contributed by atoms with E-state index in [0.29, 0.717) is 13.1 Å². The molecule has 0 aromatic carbocycles. The summed E-state index contributed by atoms with van der Waals surface area (Å²) in [5.41, 5.74) is 0.549. The Morgan fingerprint density at radius 2 is 2.09 bits per heavy atom. The van der Waals surface area contributed by atoms with Gasteiger partial charge in [-0.3, -0.25) is 4.98 Å². The molecule has 0 saturated carbocycles. The van der Waals surface area contributed by atoms with Gasteiger partial charge in [-0.1, -0.05) is 6.07 Å². The van der Waals surface area contributed by atoms with E-state index < -0.39 is 5.60 Å². The van der Waals surface area contributed by atoms with Crippen LogP contribution in [0.1, 0.15) is 39.2 Å². The van der Waals surface area contributed by atoms with E-state index in [9.17, 15) is 4.79 Å². The lowest BCUT2D eigenvalue weighted by atomic mass is 10.2. The van der Waals surface area contributed by atoms with Crippen LogP contribution < -0.4 is 0 Å². The molecule has 1 aliphatic heterocycles. The van der Waals surface area contributed by atoms with Gasteiger partial charge in [-0.15, -0.1) is 0 Å². The summed E-state index contributed by atoms with van der Waals surface area (Å²) in [6, 6.07) is 3.88. The highest BCUT2D eigenvalue weighted by atomic mass is 16.6. The number of likely N-dealkylation sites (tertiary alicyclic amines) is 1. The fraction of sp³-hybridized carbons (Fsp3) is 0.647. The van der Waals surface area contributed by atoms with Gasteiger partial charge in [0.2, 0.25) is 0 Å². The zero-order valence-electron chi connectivity index (χ0n) is 13.9. The fourth-order valence-corrected chi connectivity index (χ4v) is 2.54. The second-order valence-electron chi connectivity index (χ2n) is 6.81.